The molecule has 0 amide bonds. The van der Waals surface area contributed by atoms with Crippen molar-refractivity contribution in [2.24, 2.45) is 56.7 Å². The van der Waals surface area contributed by atoms with E-state index in [1.165, 1.54) is 5.57 Å². The second kappa shape index (κ2) is 7.80. The van der Waals surface area contributed by atoms with Crippen LogP contribution in [0.4, 0.5) is 0 Å². The third-order valence-corrected chi connectivity index (χ3v) is 13.5. The van der Waals surface area contributed by atoms with Gasteiger partial charge in [-0.3, -0.25) is 4.79 Å². The average Bonchev–Trinajstić information content (AvgIpc) is 2.80. The monoisotopic (exact) mass is 488 g/mol. The van der Waals surface area contributed by atoms with E-state index in [9.17, 15) is 25.2 Å². The number of rotatable bonds is 2. The summed E-state index contributed by atoms with van der Waals surface area (Å²) in [6.45, 7) is 13.6. The summed E-state index contributed by atoms with van der Waals surface area (Å²) < 4.78 is 0. The van der Waals surface area contributed by atoms with E-state index in [-0.39, 0.29) is 34.7 Å². The fourth-order valence-corrected chi connectivity index (χ4v) is 11.0. The highest BCUT2D eigenvalue weighted by Crippen LogP contribution is 2.75. The summed E-state index contributed by atoms with van der Waals surface area (Å²) in [5, 5.41) is 42.9. The van der Waals surface area contributed by atoms with E-state index in [0.29, 0.717) is 24.2 Å². The summed E-state index contributed by atoms with van der Waals surface area (Å²) in [6.07, 6.45) is 7.51. The zero-order valence-electron chi connectivity index (χ0n) is 22.7. The second-order valence-corrected chi connectivity index (χ2v) is 14.5. The van der Waals surface area contributed by atoms with Gasteiger partial charge in [0.25, 0.3) is 0 Å². The second-order valence-electron chi connectivity index (χ2n) is 14.5. The predicted molar refractivity (Wildman–Crippen MR) is 135 cm³/mol. The molecular formula is C30H48O5. The molecule has 5 unspecified atom stereocenters. The molecular weight excluding hydrogens is 440 g/mol. The number of allylic oxidation sites excluding steroid dienone is 2. The first kappa shape index (κ1) is 25.7. The van der Waals surface area contributed by atoms with Crippen molar-refractivity contribution in [3.05, 3.63) is 11.6 Å². The molecule has 5 heteroatoms. The minimum atomic E-state index is -0.907. The smallest absolute Gasteiger partial charge is 0.310 e. The van der Waals surface area contributed by atoms with Crippen LogP contribution in [0.25, 0.3) is 0 Å². The number of hydrogen-bond donors (Lipinski definition) is 4. The van der Waals surface area contributed by atoms with Crippen LogP contribution in [0.15, 0.2) is 11.6 Å². The molecule has 4 N–H and O–H groups in total. The van der Waals surface area contributed by atoms with Gasteiger partial charge in [-0.2, -0.15) is 0 Å². The molecule has 0 saturated heterocycles. The highest BCUT2D eigenvalue weighted by Gasteiger charge is 2.70. The molecule has 0 spiro atoms. The zero-order chi connectivity index (χ0) is 25.8. The maximum Gasteiger partial charge on any atom is 0.310 e. The van der Waals surface area contributed by atoms with E-state index in [2.05, 4.69) is 40.7 Å². The maximum absolute atomic E-state index is 12.8. The molecule has 12 atom stereocenters. The van der Waals surface area contributed by atoms with Gasteiger partial charge in [0.05, 0.1) is 24.2 Å². The quantitative estimate of drug-likeness (QED) is 0.409. The summed E-state index contributed by atoms with van der Waals surface area (Å²) in [5.41, 5.74) is -0.214. The Labute approximate surface area is 211 Å². The van der Waals surface area contributed by atoms with Gasteiger partial charge in [0.2, 0.25) is 0 Å². The molecule has 198 valence electrons. The SMILES string of the molecule is CC1CCC2(C(=O)O)CC[C@]3(C)C(=CCC4[C@@]5(C)C[C@@H](O)[C@H](O)[C@@](C)(CO)C5CC[C@]43C)C2[C@H]1C. The highest BCUT2D eigenvalue weighted by atomic mass is 16.4. The Morgan fingerprint density at radius 3 is 2.31 bits per heavy atom. The summed E-state index contributed by atoms with van der Waals surface area (Å²) in [7, 11) is 0. The van der Waals surface area contributed by atoms with Crippen LogP contribution >= 0.6 is 0 Å². The largest absolute Gasteiger partial charge is 0.481 e. The van der Waals surface area contributed by atoms with Crippen LogP contribution in [0.1, 0.15) is 92.9 Å². The Hall–Kier alpha value is -0.910. The highest BCUT2D eigenvalue weighted by molar-refractivity contribution is 5.76. The molecule has 0 aromatic heterocycles. The van der Waals surface area contributed by atoms with Crippen molar-refractivity contribution in [1.82, 2.24) is 0 Å². The van der Waals surface area contributed by atoms with Gasteiger partial charge < -0.3 is 20.4 Å². The molecule has 5 nitrogen and oxygen atoms in total. The van der Waals surface area contributed by atoms with E-state index in [0.717, 1.165) is 44.9 Å². The van der Waals surface area contributed by atoms with E-state index < -0.39 is 29.0 Å². The van der Waals surface area contributed by atoms with Crippen molar-refractivity contribution in [2.45, 2.75) is 105 Å². The Kier molecular flexibility index (Phi) is 5.73. The Morgan fingerprint density at radius 1 is 1.00 bits per heavy atom. The third kappa shape index (κ3) is 2.95. The summed E-state index contributed by atoms with van der Waals surface area (Å²) >= 11 is 0. The van der Waals surface area contributed by atoms with Crippen LogP contribution in [0.5, 0.6) is 0 Å². The van der Waals surface area contributed by atoms with E-state index in [4.69, 9.17) is 0 Å². The molecule has 0 bridgehead atoms. The number of aliphatic carboxylic acids is 1. The van der Waals surface area contributed by atoms with Crippen molar-refractivity contribution in [1.29, 1.82) is 0 Å². The predicted octanol–water partition coefficient (Wildman–Crippen LogP) is 5.03. The Bertz CT molecular complexity index is 930. The van der Waals surface area contributed by atoms with E-state index in [1.807, 2.05) is 6.92 Å². The first-order valence-corrected chi connectivity index (χ1v) is 14.1. The topological polar surface area (TPSA) is 98.0 Å². The first-order chi connectivity index (χ1) is 16.2. The van der Waals surface area contributed by atoms with Crippen LogP contribution in [0.3, 0.4) is 0 Å². The van der Waals surface area contributed by atoms with Crippen molar-refractivity contribution < 1.29 is 25.2 Å². The zero-order valence-corrected chi connectivity index (χ0v) is 22.7. The number of fused-ring (bicyclic) bond motifs is 7. The lowest BCUT2D eigenvalue weighted by Crippen LogP contribution is -2.68. The number of aliphatic hydroxyl groups is 3. The van der Waals surface area contributed by atoms with Crippen LogP contribution < -0.4 is 0 Å². The van der Waals surface area contributed by atoms with Crippen molar-refractivity contribution >= 4 is 5.97 Å². The van der Waals surface area contributed by atoms with Crippen molar-refractivity contribution in [3.63, 3.8) is 0 Å². The molecule has 0 aromatic carbocycles. The fourth-order valence-electron chi connectivity index (χ4n) is 11.0. The van der Waals surface area contributed by atoms with Crippen LogP contribution in [0.2, 0.25) is 0 Å². The van der Waals surface area contributed by atoms with Crippen molar-refractivity contribution in [3.8, 4) is 0 Å². The standard InChI is InChI=1S/C30H48O5/c1-17-9-12-30(25(34)35)14-13-28(5)19(23(30)18(17)2)7-8-22-26(3)15-20(32)24(33)27(4,16-31)21(26)10-11-29(22,28)6/h7,17-18,20-24,31-33H,8-16H2,1-6H3,(H,34,35)/t17?,18-,20+,21?,22?,23?,24-,26-,27-,28+,29+,30?/m0/s1. The van der Waals surface area contributed by atoms with E-state index in [1.54, 1.807) is 0 Å². The van der Waals surface area contributed by atoms with Gasteiger partial charge in [0.1, 0.15) is 0 Å². The third-order valence-electron chi connectivity index (χ3n) is 13.5. The number of carboxylic acid groups (broad SMARTS) is 1. The number of carbonyl (C=O) groups is 1. The molecule has 4 saturated carbocycles. The number of hydrogen-bond acceptors (Lipinski definition) is 4. The molecule has 0 heterocycles. The maximum atomic E-state index is 12.8. The molecule has 0 aliphatic heterocycles. The summed E-state index contributed by atoms with van der Waals surface area (Å²) in [5.74, 6) is 0.828. The summed E-state index contributed by atoms with van der Waals surface area (Å²) in [4.78, 5) is 12.8. The molecule has 0 radical (unpaired) electrons. The van der Waals surface area contributed by atoms with Crippen molar-refractivity contribution in [2.75, 3.05) is 6.61 Å². The van der Waals surface area contributed by atoms with Gasteiger partial charge in [-0.1, -0.05) is 53.2 Å². The Morgan fingerprint density at radius 2 is 1.69 bits per heavy atom. The van der Waals surface area contributed by atoms with Gasteiger partial charge in [-0.15, -0.1) is 0 Å². The average molecular weight is 489 g/mol. The number of carboxylic acids is 1. The van der Waals surface area contributed by atoms with Gasteiger partial charge in [0.15, 0.2) is 0 Å². The molecule has 5 rings (SSSR count). The van der Waals surface area contributed by atoms with Crippen LogP contribution in [-0.4, -0.2) is 45.2 Å². The molecule has 0 aromatic rings. The molecule has 5 aliphatic rings. The van der Waals surface area contributed by atoms with E-state index >= 15 is 0 Å². The lowest BCUT2D eigenvalue weighted by Gasteiger charge is -2.71. The number of aliphatic hydroxyl groups excluding tert-OH is 3. The van der Waals surface area contributed by atoms with Crippen LogP contribution in [0, 0.1) is 56.7 Å². The summed E-state index contributed by atoms with van der Waals surface area (Å²) in [6, 6.07) is 0. The fraction of sp³-hybridized carbons (Fsp3) is 0.900. The normalized spacial score (nSPS) is 57.7. The van der Waals surface area contributed by atoms with Crippen LogP contribution in [-0.2, 0) is 4.79 Å². The lowest BCUT2D eigenvalue weighted by molar-refractivity contribution is -0.244. The van der Waals surface area contributed by atoms with Gasteiger partial charge in [-0.25, -0.2) is 0 Å². The molecule has 35 heavy (non-hydrogen) atoms. The lowest BCUT2D eigenvalue weighted by atomic mass is 9.33. The van der Waals surface area contributed by atoms with Gasteiger partial charge in [-0.05, 0) is 97.2 Å². The van der Waals surface area contributed by atoms with Gasteiger partial charge >= 0.3 is 5.97 Å². The molecule has 4 fully saturated rings. The minimum Gasteiger partial charge on any atom is -0.481 e. The Balaban J connectivity index is 1.62. The first-order valence-electron chi connectivity index (χ1n) is 14.1. The van der Waals surface area contributed by atoms with Gasteiger partial charge in [0, 0.05) is 5.41 Å². The molecule has 5 aliphatic carbocycles. The minimum absolute atomic E-state index is 0.00815.